The number of hydrogen-bond donors (Lipinski definition) is 2. The first kappa shape index (κ1) is 16.3. The summed E-state index contributed by atoms with van der Waals surface area (Å²) in [7, 11) is 0. The third-order valence-electron chi connectivity index (χ3n) is 4.54. The molecule has 0 spiro atoms. The maximum absolute atomic E-state index is 12.9. The van der Waals surface area contributed by atoms with Gasteiger partial charge in [0.2, 0.25) is 0 Å². The van der Waals surface area contributed by atoms with Crippen molar-refractivity contribution in [2.24, 2.45) is 0 Å². The highest BCUT2D eigenvalue weighted by Gasteiger charge is 2.24. The van der Waals surface area contributed by atoms with Crippen LogP contribution in [0.25, 0.3) is 22.2 Å². The van der Waals surface area contributed by atoms with Crippen molar-refractivity contribution in [3.8, 4) is 11.1 Å². The third kappa shape index (κ3) is 2.82. The number of amides is 1. The molecule has 0 aromatic carbocycles. The molecule has 0 fully saturated rings. The number of nitrogens with zero attached hydrogens (tertiary/aromatic N) is 2. The minimum atomic E-state index is 0.0463. The van der Waals surface area contributed by atoms with Gasteiger partial charge in [-0.1, -0.05) is 6.92 Å². The summed E-state index contributed by atoms with van der Waals surface area (Å²) in [5.41, 5.74) is 3.54. The lowest BCUT2D eigenvalue weighted by Gasteiger charge is -2.32. The van der Waals surface area contributed by atoms with E-state index in [1.165, 1.54) is 0 Å². The zero-order valence-corrected chi connectivity index (χ0v) is 14.6. The van der Waals surface area contributed by atoms with Gasteiger partial charge in [0, 0.05) is 41.6 Å². The molecule has 5 heteroatoms. The van der Waals surface area contributed by atoms with Crippen LogP contribution in [0.5, 0.6) is 0 Å². The van der Waals surface area contributed by atoms with Crippen molar-refractivity contribution in [1.82, 2.24) is 19.9 Å². The Morgan fingerprint density at radius 2 is 2.04 bits per heavy atom. The number of aromatic amines is 2. The van der Waals surface area contributed by atoms with Gasteiger partial charge >= 0.3 is 0 Å². The van der Waals surface area contributed by atoms with Crippen LogP contribution < -0.4 is 0 Å². The number of hydrogen-bond acceptors (Lipinski definition) is 2. The van der Waals surface area contributed by atoms with Gasteiger partial charge in [0.25, 0.3) is 5.91 Å². The molecular formula is C19H24N4O. The molecule has 0 radical (unpaired) electrons. The van der Waals surface area contributed by atoms with Gasteiger partial charge in [-0.05, 0) is 51.0 Å². The number of carbonyl (C=O) groups is 1. The lowest BCUT2D eigenvalue weighted by molar-refractivity contribution is 0.0616. The number of H-pyrrole nitrogens is 2. The van der Waals surface area contributed by atoms with Crippen molar-refractivity contribution >= 4 is 16.9 Å². The summed E-state index contributed by atoms with van der Waals surface area (Å²) in [6.07, 6.45) is 6.49. The monoisotopic (exact) mass is 324 g/mol. The van der Waals surface area contributed by atoms with E-state index in [0.717, 1.165) is 28.6 Å². The molecule has 1 amide bonds. The molecule has 0 aliphatic rings. The van der Waals surface area contributed by atoms with Crippen molar-refractivity contribution in [3.05, 3.63) is 42.5 Å². The minimum Gasteiger partial charge on any atom is -0.357 e. The van der Waals surface area contributed by atoms with E-state index in [9.17, 15) is 4.79 Å². The Morgan fingerprint density at radius 3 is 2.75 bits per heavy atom. The summed E-state index contributed by atoms with van der Waals surface area (Å²) in [6.45, 7) is 8.31. The molecule has 0 saturated heterocycles. The van der Waals surface area contributed by atoms with Crippen LogP contribution in [0.2, 0.25) is 0 Å². The van der Waals surface area contributed by atoms with Crippen LogP contribution in [0.1, 0.15) is 44.6 Å². The van der Waals surface area contributed by atoms with Crippen molar-refractivity contribution in [2.45, 2.75) is 46.2 Å². The summed E-state index contributed by atoms with van der Waals surface area (Å²) >= 11 is 0. The topological polar surface area (TPSA) is 64.8 Å². The van der Waals surface area contributed by atoms with Crippen LogP contribution in [0.4, 0.5) is 0 Å². The molecule has 3 rings (SSSR count). The third-order valence-corrected chi connectivity index (χ3v) is 4.54. The highest BCUT2D eigenvalue weighted by molar-refractivity contribution is 5.97. The van der Waals surface area contributed by atoms with E-state index in [4.69, 9.17) is 0 Å². The Hall–Kier alpha value is -2.56. The van der Waals surface area contributed by atoms with Gasteiger partial charge in [0.15, 0.2) is 0 Å². The van der Waals surface area contributed by atoms with E-state index >= 15 is 0 Å². The minimum absolute atomic E-state index is 0.0463. The van der Waals surface area contributed by atoms with Crippen molar-refractivity contribution < 1.29 is 4.79 Å². The largest absolute Gasteiger partial charge is 0.357 e. The van der Waals surface area contributed by atoms with Gasteiger partial charge < -0.3 is 14.9 Å². The van der Waals surface area contributed by atoms with E-state index in [-0.39, 0.29) is 18.0 Å². The fourth-order valence-electron chi connectivity index (χ4n) is 3.17. The molecule has 2 N–H and O–H groups in total. The van der Waals surface area contributed by atoms with Crippen LogP contribution in [0.15, 0.2) is 36.8 Å². The molecule has 3 aromatic rings. The maximum Gasteiger partial charge on any atom is 0.270 e. The van der Waals surface area contributed by atoms with E-state index in [2.05, 4.69) is 42.6 Å². The molecule has 5 nitrogen and oxygen atoms in total. The van der Waals surface area contributed by atoms with E-state index in [1.807, 2.05) is 35.5 Å². The molecule has 0 aliphatic heterocycles. The number of carbonyl (C=O) groups excluding carboxylic acids is 1. The molecule has 126 valence electrons. The second-order valence-electron chi connectivity index (χ2n) is 6.46. The van der Waals surface area contributed by atoms with Crippen molar-refractivity contribution in [2.75, 3.05) is 0 Å². The average Bonchev–Trinajstić information content (AvgIpc) is 3.23. The quantitative estimate of drug-likeness (QED) is 0.738. The Morgan fingerprint density at radius 1 is 1.25 bits per heavy atom. The van der Waals surface area contributed by atoms with Gasteiger partial charge in [0.05, 0.1) is 0 Å². The number of nitrogens with one attached hydrogen (secondary N) is 2. The van der Waals surface area contributed by atoms with Gasteiger partial charge in [0.1, 0.15) is 11.3 Å². The Bertz CT molecular complexity index is 846. The predicted molar refractivity (Wildman–Crippen MR) is 96.9 cm³/mol. The molecule has 3 aromatic heterocycles. The summed E-state index contributed by atoms with van der Waals surface area (Å²) in [5, 5.41) is 1.05. The van der Waals surface area contributed by atoms with Crippen LogP contribution >= 0.6 is 0 Å². The number of aromatic nitrogens is 3. The first-order valence-electron chi connectivity index (χ1n) is 8.46. The lowest BCUT2D eigenvalue weighted by atomic mass is 10.1. The van der Waals surface area contributed by atoms with Crippen LogP contribution in [-0.4, -0.2) is 37.8 Å². The molecule has 0 aliphatic carbocycles. The molecule has 1 unspecified atom stereocenters. The smallest absolute Gasteiger partial charge is 0.270 e. The fraction of sp³-hybridized carbons (Fsp3) is 0.368. The number of rotatable bonds is 5. The molecule has 24 heavy (non-hydrogen) atoms. The van der Waals surface area contributed by atoms with Crippen molar-refractivity contribution in [1.29, 1.82) is 0 Å². The molecule has 0 saturated carbocycles. The fourth-order valence-corrected chi connectivity index (χ4v) is 3.17. The first-order chi connectivity index (χ1) is 11.5. The van der Waals surface area contributed by atoms with Crippen LogP contribution in [0.3, 0.4) is 0 Å². The van der Waals surface area contributed by atoms with Gasteiger partial charge in [-0.3, -0.25) is 4.79 Å². The van der Waals surface area contributed by atoms with Crippen LogP contribution in [-0.2, 0) is 0 Å². The standard InChI is InChI=1S/C19H24N4O/c1-5-13(4)23(12(2)3)19(24)17-10-14(11-22-17)15-6-8-20-18-16(15)7-9-21-18/h6-13,22H,5H2,1-4H3,(H,20,21). The number of pyridine rings is 1. The highest BCUT2D eigenvalue weighted by Crippen LogP contribution is 2.28. The highest BCUT2D eigenvalue weighted by atomic mass is 16.2. The summed E-state index contributed by atoms with van der Waals surface area (Å²) in [5.74, 6) is 0.0463. The zero-order valence-electron chi connectivity index (χ0n) is 14.6. The first-order valence-corrected chi connectivity index (χ1v) is 8.46. The molecular weight excluding hydrogens is 300 g/mol. The van der Waals surface area contributed by atoms with E-state index in [0.29, 0.717) is 5.69 Å². The van der Waals surface area contributed by atoms with Gasteiger partial charge in [-0.15, -0.1) is 0 Å². The summed E-state index contributed by atoms with van der Waals surface area (Å²) < 4.78 is 0. The van der Waals surface area contributed by atoms with E-state index < -0.39 is 0 Å². The SMILES string of the molecule is CCC(C)N(C(=O)c1cc(-c2ccnc3[nH]ccc23)c[nH]1)C(C)C. The molecule has 3 heterocycles. The van der Waals surface area contributed by atoms with Gasteiger partial charge in [-0.25, -0.2) is 4.98 Å². The normalized spacial score (nSPS) is 12.7. The summed E-state index contributed by atoms with van der Waals surface area (Å²) in [4.78, 5) is 25.4. The number of fused-ring (bicyclic) bond motifs is 1. The Kier molecular flexibility index (Phi) is 4.42. The second-order valence-corrected chi connectivity index (χ2v) is 6.46. The average molecular weight is 324 g/mol. The van der Waals surface area contributed by atoms with Crippen molar-refractivity contribution in [3.63, 3.8) is 0 Å². The predicted octanol–water partition coefficient (Wildman–Crippen LogP) is 4.21. The summed E-state index contributed by atoms with van der Waals surface area (Å²) in [6, 6.07) is 6.29. The molecule has 0 bridgehead atoms. The Balaban J connectivity index is 1.95. The van der Waals surface area contributed by atoms with E-state index in [1.54, 1.807) is 6.20 Å². The second kappa shape index (κ2) is 6.51. The zero-order chi connectivity index (χ0) is 17.3. The van der Waals surface area contributed by atoms with Crippen LogP contribution in [0, 0.1) is 0 Å². The maximum atomic E-state index is 12.9. The molecule has 1 atom stereocenters. The Labute approximate surface area is 142 Å². The van der Waals surface area contributed by atoms with Gasteiger partial charge in [-0.2, -0.15) is 0 Å². The lowest BCUT2D eigenvalue weighted by Crippen LogP contribution is -2.43.